The van der Waals surface area contributed by atoms with Gasteiger partial charge in [-0.05, 0) is 98.2 Å². The fraction of sp³-hybridized carbons (Fsp3) is 0.385. The van der Waals surface area contributed by atoms with Gasteiger partial charge in [-0.2, -0.15) is 0 Å². The first kappa shape index (κ1) is 25.6. The molecule has 0 aliphatic rings. The highest BCUT2D eigenvalue weighted by atomic mass is 16.4. The lowest BCUT2D eigenvalue weighted by Gasteiger charge is -2.26. The molecule has 2 aromatic carbocycles. The normalized spacial score (nSPS) is 16.6. The van der Waals surface area contributed by atoms with Gasteiger partial charge in [0.25, 0.3) is 0 Å². The van der Waals surface area contributed by atoms with Crippen molar-refractivity contribution in [1.82, 2.24) is 0 Å². The van der Waals surface area contributed by atoms with Crippen molar-refractivity contribution in [2.24, 2.45) is 0 Å². The van der Waals surface area contributed by atoms with Crippen LogP contribution in [0, 0.1) is 41.5 Å². The van der Waals surface area contributed by atoms with E-state index in [1.165, 1.54) is 12.2 Å². The van der Waals surface area contributed by atoms with Crippen molar-refractivity contribution in [1.29, 1.82) is 0 Å². The summed E-state index contributed by atoms with van der Waals surface area (Å²) < 4.78 is 0. The summed E-state index contributed by atoms with van der Waals surface area (Å²) in [4.78, 5) is 0. The van der Waals surface area contributed by atoms with Crippen molar-refractivity contribution in [3.8, 4) is 0 Å². The Bertz CT molecular complexity index is 954. The van der Waals surface area contributed by atoms with E-state index >= 15 is 0 Å². The van der Waals surface area contributed by atoms with Crippen molar-refractivity contribution in [3.05, 3.63) is 80.3 Å². The highest BCUT2D eigenvalue weighted by molar-refractivity contribution is 5.59. The fourth-order valence-electron chi connectivity index (χ4n) is 3.49. The van der Waals surface area contributed by atoms with Crippen LogP contribution < -0.4 is 0 Å². The Balaban J connectivity index is 2.22. The standard InChI is InChI=1S/C26H34O6/c1-13-7-17(5)19(9-15(13)3)11-21(27)23(29)25(31)26(32)24(30)22(28)12-20-10-16(4)14(2)8-18(20)6/h7-12,23-32H,1-6H3/t23-,24+,25-,26-/m1/s1. The van der Waals surface area contributed by atoms with Gasteiger partial charge in [0.1, 0.15) is 35.9 Å². The van der Waals surface area contributed by atoms with Crippen LogP contribution in [0.5, 0.6) is 0 Å². The molecule has 0 radical (unpaired) electrons. The van der Waals surface area contributed by atoms with Crippen LogP contribution in [-0.2, 0) is 0 Å². The van der Waals surface area contributed by atoms with Gasteiger partial charge in [0.2, 0.25) is 0 Å². The van der Waals surface area contributed by atoms with Gasteiger partial charge in [0, 0.05) is 0 Å². The van der Waals surface area contributed by atoms with Gasteiger partial charge in [-0.25, -0.2) is 0 Å². The molecule has 0 bridgehead atoms. The maximum atomic E-state index is 10.3. The third-order valence-corrected chi connectivity index (χ3v) is 5.97. The number of aliphatic hydroxyl groups excluding tert-OH is 6. The number of aliphatic hydroxyl groups is 6. The lowest BCUT2D eigenvalue weighted by Crippen LogP contribution is -2.45. The molecule has 0 aliphatic carbocycles. The van der Waals surface area contributed by atoms with Crippen molar-refractivity contribution < 1.29 is 30.6 Å². The molecular weight excluding hydrogens is 408 g/mol. The smallest absolute Gasteiger partial charge is 0.139 e. The Morgan fingerprint density at radius 2 is 0.812 bits per heavy atom. The summed E-state index contributed by atoms with van der Waals surface area (Å²) in [5.74, 6) is -1.13. The summed E-state index contributed by atoms with van der Waals surface area (Å²) in [6.07, 6.45) is -4.99. The van der Waals surface area contributed by atoms with Crippen LogP contribution in [0.4, 0.5) is 0 Å². The lowest BCUT2D eigenvalue weighted by atomic mass is 9.96. The zero-order valence-electron chi connectivity index (χ0n) is 19.5. The molecule has 0 saturated heterocycles. The van der Waals surface area contributed by atoms with Crippen LogP contribution >= 0.6 is 0 Å². The largest absolute Gasteiger partial charge is 0.509 e. The predicted octanol–water partition coefficient (Wildman–Crippen LogP) is 3.48. The van der Waals surface area contributed by atoms with Gasteiger partial charge in [-0.3, -0.25) is 0 Å². The van der Waals surface area contributed by atoms with Gasteiger partial charge in [-0.15, -0.1) is 0 Å². The number of aryl methyl sites for hydroxylation is 6. The highest BCUT2D eigenvalue weighted by Crippen LogP contribution is 2.22. The van der Waals surface area contributed by atoms with Crippen molar-refractivity contribution in [2.75, 3.05) is 0 Å². The molecule has 0 spiro atoms. The van der Waals surface area contributed by atoms with E-state index in [0.717, 1.165) is 33.4 Å². The molecule has 0 fully saturated rings. The minimum atomic E-state index is -1.94. The van der Waals surface area contributed by atoms with E-state index in [0.29, 0.717) is 11.1 Å². The second-order valence-electron chi connectivity index (χ2n) is 8.60. The summed E-state index contributed by atoms with van der Waals surface area (Å²) in [5.41, 5.74) is 7.20. The Labute approximate surface area is 189 Å². The molecular formula is C26H34O6. The third kappa shape index (κ3) is 5.78. The molecule has 0 aliphatic heterocycles. The van der Waals surface area contributed by atoms with E-state index in [-0.39, 0.29) is 0 Å². The zero-order chi connectivity index (χ0) is 24.3. The molecule has 174 valence electrons. The molecule has 2 rings (SSSR count). The van der Waals surface area contributed by atoms with Crippen molar-refractivity contribution >= 4 is 12.2 Å². The van der Waals surface area contributed by atoms with E-state index in [9.17, 15) is 30.6 Å². The predicted molar refractivity (Wildman–Crippen MR) is 127 cm³/mol. The van der Waals surface area contributed by atoms with Gasteiger partial charge >= 0.3 is 0 Å². The summed E-state index contributed by atoms with van der Waals surface area (Å²) in [7, 11) is 0. The number of hydrogen-bond acceptors (Lipinski definition) is 6. The van der Waals surface area contributed by atoms with Gasteiger partial charge in [0.05, 0.1) is 0 Å². The molecule has 0 aromatic heterocycles. The second kappa shape index (κ2) is 10.3. The average molecular weight is 443 g/mol. The molecule has 6 N–H and O–H groups in total. The molecule has 0 amide bonds. The molecule has 0 saturated carbocycles. The summed E-state index contributed by atoms with van der Waals surface area (Å²) in [6.45, 7) is 11.5. The van der Waals surface area contributed by atoms with Gasteiger partial charge < -0.3 is 30.6 Å². The first-order valence-corrected chi connectivity index (χ1v) is 10.5. The van der Waals surface area contributed by atoms with Gasteiger partial charge in [-0.1, -0.05) is 24.3 Å². The first-order chi connectivity index (χ1) is 14.8. The van der Waals surface area contributed by atoms with E-state index < -0.39 is 35.9 Å². The minimum Gasteiger partial charge on any atom is -0.509 e. The Kier molecular flexibility index (Phi) is 8.26. The molecule has 6 nitrogen and oxygen atoms in total. The highest BCUT2D eigenvalue weighted by Gasteiger charge is 2.34. The number of benzene rings is 2. The molecule has 6 heteroatoms. The van der Waals surface area contributed by atoms with Crippen LogP contribution in [0.25, 0.3) is 12.2 Å². The maximum absolute atomic E-state index is 10.3. The number of rotatable bonds is 7. The zero-order valence-corrected chi connectivity index (χ0v) is 19.5. The van der Waals surface area contributed by atoms with E-state index in [1.807, 2.05) is 65.8 Å². The molecule has 4 atom stereocenters. The van der Waals surface area contributed by atoms with E-state index in [4.69, 9.17) is 0 Å². The van der Waals surface area contributed by atoms with Crippen LogP contribution in [-0.4, -0.2) is 55.1 Å². The summed E-state index contributed by atoms with van der Waals surface area (Å²) >= 11 is 0. The van der Waals surface area contributed by atoms with E-state index in [2.05, 4.69) is 0 Å². The van der Waals surface area contributed by atoms with Crippen LogP contribution in [0.1, 0.15) is 44.5 Å². The first-order valence-electron chi connectivity index (χ1n) is 10.5. The lowest BCUT2D eigenvalue weighted by molar-refractivity contribution is -0.0996. The SMILES string of the molecule is Cc1cc(C)c(C=C(O)[C@@H](O)[C@@H](O)[C@H](O)[C@@H](O)C(O)=Cc2cc(C)c(C)cc2C)cc1C. The van der Waals surface area contributed by atoms with Crippen LogP contribution in [0.15, 0.2) is 35.8 Å². The summed E-state index contributed by atoms with van der Waals surface area (Å²) in [5, 5.41) is 61.9. The minimum absolute atomic E-state index is 0.566. The molecule has 2 aromatic rings. The molecule has 0 unspecified atom stereocenters. The van der Waals surface area contributed by atoms with Crippen molar-refractivity contribution in [3.63, 3.8) is 0 Å². The van der Waals surface area contributed by atoms with E-state index in [1.54, 1.807) is 0 Å². The monoisotopic (exact) mass is 442 g/mol. The van der Waals surface area contributed by atoms with Gasteiger partial charge in [0.15, 0.2) is 0 Å². The molecule has 32 heavy (non-hydrogen) atoms. The molecule has 0 heterocycles. The second-order valence-corrected chi connectivity index (χ2v) is 8.60. The average Bonchev–Trinajstić information content (AvgIpc) is 2.73. The fourth-order valence-corrected chi connectivity index (χ4v) is 3.49. The third-order valence-electron chi connectivity index (χ3n) is 5.97. The van der Waals surface area contributed by atoms with Crippen LogP contribution in [0.3, 0.4) is 0 Å². The summed E-state index contributed by atoms with van der Waals surface area (Å²) in [6, 6.07) is 7.55. The number of hydrogen-bond donors (Lipinski definition) is 6. The Morgan fingerprint density at radius 1 is 0.531 bits per heavy atom. The Hall–Kier alpha value is -2.64. The van der Waals surface area contributed by atoms with Crippen LogP contribution in [0.2, 0.25) is 0 Å². The maximum Gasteiger partial charge on any atom is 0.139 e. The Morgan fingerprint density at radius 3 is 1.12 bits per heavy atom. The van der Waals surface area contributed by atoms with Crippen molar-refractivity contribution in [2.45, 2.75) is 66.0 Å². The topological polar surface area (TPSA) is 121 Å². The quantitative estimate of drug-likeness (QED) is 0.365.